The summed E-state index contributed by atoms with van der Waals surface area (Å²) in [7, 11) is -0.208. The summed E-state index contributed by atoms with van der Waals surface area (Å²) in [5.41, 5.74) is 0. The zero-order chi connectivity index (χ0) is 16.9. The number of thiophene rings is 1. The van der Waals surface area contributed by atoms with Gasteiger partial charge in [-0.15, -0.1) is 11.3 Å². The van der Waals surface area contributed by atoms with Crippen LogP contribution in [0.15, 0.2) is 117 Å². The molecule has 0 aliphatic heterocycles. The molecular weight excluding hydrogens is 344 g/mol. The molecule has 0 amide bonds. The van der Waals surface area contributed by atoms with Crippen LogP contribution in [0.1, 0.15) is 0 Å². The molecule has 122 valence electrons. The minimum absolute atomic E-state index is 0.208. The summed E-state index contributed by atoms with van der Waals surface area (Å²) in [6, 6.07) is 33.6. The van der Waals surface area contributed by atoms with Crippen LogP contribution in [-0.4, -0.2) is 0 Å². The minimum Gasteiger partial charge on any atom is -0.441 e. The predicted molar refractivity (Wildman–Crippen MR) is 106 cm³/mol. The van der Waals surface area contributed by atoms with E-state index in [-0.39, 0.29) is 10.9 Å². The van der Waals surface area contributed by atoms with E-state index < -0.39 is 0 Å². The quantitative estimate of drug-likeness (QED) is 0.362. The van der Waals surface area contributed by atoms with E-state index in [1.54, 1.807) is 11.3 Å². The van der Waals surface area contributed by atoms with Crippen LogP contribution < -0.4 is 4.74 Å². The summed E-state index contributed by atoms with van der Waals surface area (Å²) in [5, 5.41) is 2.95. The molecule has 0 saturated carbocycles. The zero-order valence-electron chi connectivity index (χ0n) is 13.5. The van der Waals surface area contributed by atoms with Crippen LogP contribution in [0.4, 0.5) is 0 Å². The first-order valence-electron chi connectivity index (χ1n) is 8.06. The summed E-state index contributed by atoms with van der Waals surface area (Å²) in [6.07, 6.45) is 0. The van der Waals surface area contributed by atoms with E-state index in [1.165, 1.54) is 14.7 Å². The summed E-state index contributed by atoms with van der Waals surface area (Å²) in [4.78, 5) is 3.78. The minimum atomic E-state index is -0.208. The van der Waals surface area contributed by atoms with Gasteiger partial charge < -0.3 is 4.74 Å². The van der Waals surface area contributed by atoms with Crippen molar-refractivity contribution in [3.05, 3.63) is 102 Å². The monoisotopic (exact) mass is 361 g/mol. The van der Waals surface area contributed by atoms with E-state index in [9.17, 15) is 0 Å². The Kier molecular flexibility index (Phi) is 4.86. The molecule has 0 bridgehead atoms. The van der Waals surface area contributed by atoms with E-state index in [0.717, 1.165) is 10.8 Å². The van der Waals surface area contributed by atoms with Gasteiger partial charge in [-0.25, -0.2) is 0 Å². The van der Waals surface area contributed by atoms with Crippen molar-refractivity contribution in [1.29, 1.82) is 0 Å². The smallest absolute Gasteiger partial charge is 0.208 e. The topological polar surface area (TPSA) is 9.23 Å². The summed E-state index contributed by atoms with van der Waals surface area (Å²) in [6.45, 7) is 0. The van der Waals surface area contributed by atoms with Crippen LogP contribution in [0.5, 0.6) is 10.8 Å². The van der Waals surface area contributed by atoms with Crippen LogP contribution >= 0.6 is 11.3 Å². The SMILES string of the molecule is c1ccc([S+](c2ccccc2)c2ccccc2Oc2cccs2)cc1. The van der Waals surface area contributed by atoms with E-state index >= 15 is 0 Å². The highest BCUT2D eigenvalue weighted by Crippen LogP contribution is 2.38. The van der Waals surface area contributed by atoms with Gasteiger partial charge in [0.25, 0.3) is 0 Å². The predicted octanol–water partition coefficient (Wildman–Crippen LogP) is 6.64. The molecule has 1 aromatic heterocycles. The Balaban J connectivity index is 1.83. The first-order chi connectivity index (χ1) is 12.4. The Hall–Kier alpha value is -2.49. The van der Waals surface area contributed by atoms with Gasteiger partial charge in [-0.05, 0) is 53.9 Å². The summed E-state index contributed by atoms with van der Waals surface area (Å²) in [5.74, 6) is 0.918. The Morgan fingerprint density at radius 3 is 1.80 bits per heavy atom. The van der Waals surface area contributed by atoms with Crippen LogP contribution in [-0.2, 0) is 10.9 Å². The molecule has 1 heterocycles. The van der Waals surface area contributed by atoms with Crippen molar-refractivity contribution in [3.8, 4) is 10.8 Å². The first kappa shape index (κ1) is 16.0. The molecule has 0 radical (unpaired) electrons. The van der Waals surface area contributed by atoms with E-state index in [4.69, 9.17) is 4.74 Å². The summed E-state index contributed by atoms with van der Waals surface area (Å²) < 4.78 is 6.20. The molecule has 0 N–H and O–H groups in total. The molecule has 3 heteroatoms. The maximum Gasteiger partial charge on any atom is 0.208 e. The highest BCUT2D eigenvalue weighted by atomic mass is 32.2. The Morgan fingerprint density at radius 1 is 0.600 bits per heavy atom. The molecular formula is C22H17OS2+. The van der Waals surface area contributed by atoms with Gasteiger partial charge in [0.2, 0.25) is 4.90 Å². The molecule has 4 rings (SSSR count). The van der Waals surface area contributed by atoms with Gasteiger partial charge in [-0.3, -0.25) is 0 Å². The third-order valence-electron chi connectivity index (χ3n) is 3.73. The fourth-order valence-electron chi connectivity index (χ4n) is 2.64. The van der Waals surface area contributed by atoms with Crippen LogP contribution in [0.25, 0.3) is 0 Å². The molecule has 4 aromatic rings. The number of rotatable bonds is 5. The van der Waals surface area contributed by atoms with E-state index in [0.29, 0.717) is 0 Å². The van der Waals surface area contributed by atoms with E-state index in [2.05, 4.69) is 78.9 Å². The van der Waals surface area contributed by atoms with Gasteiger partial charge in [0.15, 0.2) is 20.6 Å². The molecule has 0 aliphatic carbocycles. The molecule has 3 aromatic carbocycles. The Bertz CT molecular complexity index is 879. The molecule has 0 spiro atoms. The number of hydrogen-bond acceptors (Lipinski definition) is 2. The largest absolute Gasteiger partial charge is 0.441 e. The van der Waals surface area contributed by atoms with Crippen molar-refractivity contribution >= 4 is 22.2 Å². The van der Waals surface area contributed by atoms with Crippen molar-refractivity contribution < 1.29 is 4.74 Å². The van der Waals surface area contributed by atoms with Crippen LogP contribution in [0, 0.1) is 0 Å². The van der Waals surface area contributed by atoms with Crippen LogP contribution in [0.3, 0.4) is 0 Å². The highest BCUT2D eigenvalue weighted by molar-refractivity contribution is 7.97. The lowest BCUT2D eigenvalue weighted by Gasteiger charge is -2.11. The molecule has 0 aliphatic rings. The Morgan fingerprint density at radius 2 is 1.20 bits per heavy atom. The maximum atomic E-state index is 6.20. The van der Waals surface area contributed by atoms with Gasteiger partial charge in [0, 0.05) is 0 Å². The third-order valence-corrected chi connectivity index (χ3v) is 6.74. The van der Waals surface area contributed by atoms with Crippen molar-refractivity contribution in [1.82, 2.24) is 0 Å². The van der Waals surface area contributed by atoms with Crippen molar-refractivity contribution in [2.75, 3.05) is 0 Å². The average Bonchev–Trinajstić information content (AvgIpc) is 3.18. The number of hydrogen-bond donors (Lipinski definition) is 0. The fraction of sp³-hybridized carbons (Fsp3) is 0. The molecule has 0 atom stereocenters. The van der Waals surface area contributed by atoms with Crippen molar-refractivity contribution in [2.45, 2.75) is 14.7 Å². The molecule has 0 unspecified atom stereocenters. The first-order valence-corrected chi connectivity index (χ1v) is 10.2. The normalized spacial score (nSPS) is 10.8. The number of para-hydroxylation sites is 1. The van der Waals surface area contributed by atoms with Crippen molar-refractivity contribution in [2.24, 2.45) is 0 Å². The molecule has 0 fully saturated rings. The highest BCUT2D eigenvalue weighted by Gasteiger charge is 2.31. The average molecular weight is 362 g/mol. The lowest BCUT2D eigenvalue weighted by Crippen LogP contribution is -2.06. The molecule has 1 nitrogen and oxygen atoms in total. The van der Waals surface area contributed by atoms with Gasteiger partial charge in [-0.1, -0.05) is 48.5 Å². The fourth-order valence-corrected chi connectivity index (χ4v) is 5.39. The molecule has 25 heavy (non-hydrogen) atoms. The van der Waals surface area contributed by atoms with E-state index in [1.807, 2.05) is 23.6 Å². The second-order valence-electron chi connectivity index (χ2n) is 5.41. The Labute approximate surface area is 154 Å². The zero-order valence-corrected chi connectivity index (χ0v) is 15.2. The number of ether oxygens (including phenoxy) is 1. The van der Waals surface area contributed by atoms with Crippen molar-refractivity contribution in [3.63, 3.8) is 0 Å². The third kappa shape index (κ3) is 3.63. The van der Waals surface area contributed by atoms with Gasteiger partial charge in [0.1, 0.15) is 10.9 Å². The standard InChI is InChI=1S/C22H17OS2/c1-3-10-18(11-4-1)25(19-12-5-2-6-13-19)21-15-8-7-14-20(21)23-22-16-9-17-24-22/h1-17H/q+1. The lowest BCUT2D eigenvalue weighted by molar-refractivity contribution is 0.484. The molecule has 0 saturated heterocycles. The maximum absolute atomic E-state index is 6.20. The summed E-state index contributed by atoms with van der Waals surface area (Å²) >= 11 is 1.61. The second kappa shape index (κ2) is 7.60. The number of benzene rings is 3. The van der Waals surface area contributed by atoms with Gasteiger partial charge >= 0.3 is 0 Å². The van der Waals surface area contributed by atoms with Gasteiger partial charge in [-0.2, -0.15) is 0 Å². The second-order valence-corrected chi connectivity index (χ2v) is 8.32. The lowest BCUT2D eigenvalue weighted by atomic mass is 10.3. The van der Waals surface area contributed by atoms with Gasteiger partial charge in [0.05, 0.1) is 0 Å². The van der Waals surface area contributed by atoms with Crippen LogP contribution in [0.2, 0.25) is 0 Å².